The molecule has 0 spiro atoms. The quantitative estimate of drug-likeness (QED) is 0.808. The maximum Gasteiger partial charge on any atom is 0.224 e. The number of anilines is 1. The average molecular weight is 375 g/mol. The van der Waals surface area contributed by atoms with Crippen LogP contribution in [0.2, 0.25) is 5.02 Å². The third kappa shape index (κ3) is 5.23. The van der Waals surface area contributed by atoms with Gasteiger partial charge in [-0.15, -0.1) is 0 Å². The van der Waals surface area contributed by atoms with Crippen LogP contribution >= 0.6 is 11.6 Å². The zero-order valence-corrected chi connectivity index (χ0v) is 16.0. The molecule has 0 aliphatic heterocycles. The molecule has 0 aromatic heterocycles. The van der Waals surface area contributed by atoms with Crippen molar-refractivity contribution in [3.63, 3.8) is 0 Å². The molecule has 2 aromatic rings. The fourth-order valence-electron chi connectivity index (χ4n) is 2.67. The van der Waals surface area contributed by atoms with E-state index in [1.165, 1.54) is 14.0 Å². The van der Waals surface area contributed by atoms with Gasteiger partial charge < -0.3 is 15.0 Å². The Balaban J connectivity index is 1.99. The van der Waals surface area contributed by atoms with Crippen LogP contribution in [0.3, 0.4) is 0 Å². The van der Waals surface area contributed by atoms with E-state index < -0.39 is 0 Å². The second-order valence-electron chi connectivity index (χ2n) is 5.94. The average Bonchev–Trinajstić information content (AvgIpc) is 2.60. The third-order valence-corrected chi connectivity index (χ3v) is 4.32. The van der Waals surface area contributed by atoms with Crippen molar-refractivity contribution in [3.05, 3.63) is 58.6 Å². The molecule has 0 atom stereocenters. The highest BCUT2D eigenvalue weighted by molar-refractivity contribution is 6.31. The summed E-state index contributed by atoms with van der Waals surface area (Å²) in [6.07, 6.45) is 0.313. The number of methoxy groups -OCH3 is 1. The van der Waals surface area contributed by atoms with E-state index in [9.17, 15) is 9.59 Å². The molecule has 0 fully saturated rings. The van der Waals surface area contributed by atoms with E-state index in [0.717, 1.165) is 11.1 Å². The van der Waals surface area contributed by atoms with Gasteiger partial charge in [-0.25, -0.2) is 0 Å². The predicted octanol–water partition coefficient (Wildman–Crippen LogP) is 3.37. The molecule has 2 amide bonds. The number of benzene rings is 2. The first-order valence-corrected chi connectivity index (χ1v) is 8.73. The summed E-state index contributed by atoms with van der Waals surface area (Å²) in [6.45, 7) is 4.10. The molecule has 2 rings (SSSR count). The highest BCUT2D eigenvalue weighted by atomic mass is 35.5. The number of carbonyl (C=O) groups is 2. The van der Waals surface area contributed by atoms with E-state index in [2.05, 4.69) is 5.32 Å². The van der Waals surface area contributed by atoms with Crippen molar-refractivity contribution < 1.29 is 14.3 Å². The summed E-state index contributed by atoms with van der Waals surface area (Å²) in [7, 11) is 1.54. The molecule has 0 aliphatic carbocycles. The minimum absolute atomic E-state index is 0.0825. The van der Waals surface area contributed by atoms with Crippen molar-refractivity contribution in [3.8, 4) is 5.75 Å². The summed E-state index contributed by atoms with van der Waals surface area (Å²) in [5.41, 5.74) is 2.65. The summed E-state index contributed by atoms with van der Waals surface area (Å²) >= 11 is 6.05. The van der Waals surface area contributed by atoms with Gasteiger partial charge in [0.1, 0.15) is 5.75 Å². The standard InChI is InChI=1S/C20H23ClN2O3/c1-14-6-4-5-7-16(14)12-20(25)22-10-11-23(15(2)24)18-13-17(21)8-9-19(18)26-3/h4-9,13H,10-12H2,1-3H3,(H,22,25). The fraction of sp³-hybridized carbons (Fsp3) is 0.300. The zero-order valence-electron chi connectivity index (χ0n) is 15.2. The Morgan fingerprint density at radius 1 is 1.19 bits per heavy atom. The van der Waals surface area contributed by atoms with Gasteiger partial charge in [0.25, 0.3) is 0 Å². The van der Waals surface area contributed by atoms with E-state index in [1.54, 1.807) is 23.1 Å². The number of nitrogens with one attached hydrogen (secondary N) is 1. The van der Waals surface area contributed by atoms with E-state index in [1.807, 2.05) is 31.2 Å². The van der Waals surface area contributed by atoms with Crippen molar-refractivity contribution >= 4 is 29.1 Å². The molecule has 0 bridgehead atoms. The molecule has 2 aromatic carbocycles. The van der Waals surface area contributed by atoms with Crippen LogP contribution in [-0.2, 0) is 16.0 Å². The van der Waals surface area contributed by atoms with Gasteiger partial charge in [0, 0.05) is 25.0 Å². The molecule has 0 aliphatic rings. The Kier molecular flexibility index (Phi) is 7.04. The molecular formula is C20H23ClN2O3. The summed E-state index contributed by atoms with van der Waals surface area (Å²) in [4.78, 5) is 25.8. The smallest absolute Gasteiger partial charge is 0.224 e. The lowest BCUT2D eigenvalue weighted by Gasteiger charge is -2.23. The number of carbonyl (C=O) groups excluding carboxylic acids is 2. The first kappa shape index (κ1) is 19.8. The van der Waals surface area contributed by atoms with Crippen LogP contribution in [0.4, 0.5) is 5.69 Å². The SMILES string of the molecule is COc1ccc(Cl)cc1N(CCNC(=O)Cc1ccccc1C)C(C)=O. The Hall–Kier alpha value is -2.53. The van der Waals surface area contributed by atoms with Crippen LogP contribution in [0.25, 0.3) is 0 Å². The summed E-state index contributed by atoms with van der Waals surface area (Å²) in [6, 6.07) is 12.9. The van der Waals surface area contributed by atoms with E-state index in [0.29, 0.717) is 36.0 Å². The normalized spacial score (nSPS) is 10.3. The summed E-state index contributed by atoms with van der Waals surface area (Å²) in [5, 5.41) is 3.37. The molecule has 0 heterocycles. The van der Waals surface area contributed by atoms with Gasteiger partial charge in [0.2, 0.25) is 11.8 Å². The maximum absolute atomic E-state index is 12.2. The molecule has 5 nitrogen and oxygen atoms in total. The number of rotatable bonds is 7. The van der Waals surface area contributed by atoms with E-state index >= 15 is 0 Å². The number of amides is 2. The van der Waals surface area contributed by atoms with Crippen LogP contribution in [0.1, 0.15) is 18.1 Å². The highest BCUT2D eigenvalue weighted by Gasteiger charge is 2.17. The lowest BCUT2D eigenvalue weighted by atomic mass is 10.1. The molecule has 138 valence electrons. The van der Waals surface area contributed by atoms with Gasteiger partial charge in [-0.05, 0) is 36.2 Å². The fourth-order valence-corrected chi connectivity index (χ4v) is 2.84. The second-order valence-corrected chi connectivity index (χ2v) is 6.38. The van der Waals surface area contributed by atoms with Gasteiger partial charge in [0.05, 0.1) is 19.2 Å². The minimum atomic E-state index is -0.154. The van der Waals surface area contributed by atoms with Gasteiger partial charge in [0.15, 0.2) is 0 Å². The Bertz CT molecular complexity index is 792. The van der Waals surface area contributed by atoms with Crippen molar-refractivity contribution in [1.82, 2.24) is 5.32 Å². The lowest BCUT2D eigenvalue weighted by Crippen LogP contribution is -2.38. The predicted molar refractivity (Wildman–Crippen MR) is 104 cm³/mol. The van der Waals surface area contributed by atoms with Crippen LogP contribution in [0.15, 0.2) is 42.5 Å². The van der Waals surface area contributed by atoms with Crippen LogP contribution < -0.4 is 15.0 Å². The molecule has 1 N–H and O–H groups in total. The zero-order chi connectivity index (χ0) is 19.1. The number of hydrogen-bond acceptors (Lipinski definition) is 3. The number of nitrogens with zero attached hydrogens (tertiary/aromatic N) is 1. The van der Waals surface area contributed by atoms with Crippen LogP contribution in [0, 0.1) is 6.92 Å². The lowest BCUT2D eigenvalue weighted by molar-refractivity contribution is -0.121. The van der Waals surface area contributed by atoms with E-state index in [4.69, 9.17) is 16.3 Å². The van der Waals surface area contributed by atoms with Crippen molar-refractivity contribution in [2.24, 2.45) is 0 Å². The molecule has 0 unspecified atom stereocenters. The number of halogens is 1. The van der Waals surface area contributed by atoms with Gasteiger partial charge in [-0.3, -0.25) is 9.59 Å². The Labute approximate surface area is 158 Å². The van der Waals surface area contributed by atoms with Crippen molar-refractivity contribution in [1.29, 1.82) is 0 Å². The monoisotopic (exact) mass is 374 g/mol. The maximum atomic E-state index is 12.2. The number of ether oxygens (including phenoxy) is 1. The molecular weight excluding hydrogens is 352 g/mol. The first-order chi connectivity index (χ1) is 12.4. The van der Waals surface area contributed by atoms with Crippen LogP contribution in [0.5, 0.6) is 5.75 Å². The molecule has 6 heteroatoms. The van der Waals surface area contributed by atoms with Crippen LogP contribution in [-0.4, -0.2) is 32.0 Å². The van der Waals surface area contributed by atoms with Crippen molar-refractivity contribution in [2.45, 2.75) is 20.3 Å². The number of hydrogen-bond donors (Lipinski definition) is 1. The third-order valence-electron chi connectivity index (χ3n) is 4.08. The van der Waals surface area contributed by atoms with Crippen molar-refractivity contribution in [2.75, 3.05) is 25.1 Å². The Morgan fingerprint density at radius 3 is 2.58 bits per heavy atom. The molecule has 0 radical (unpaired) electrons. The first-order valence-electron chi connectivity index (χ1n) is 8.35. The number of aryl methyl sites for hydroxylation is 1. The Morgan fingerprint density at radius 2 is 1.92 bits per heavy atom. The topological polar surface area (TPSA) is 58.6 Å². The molecule has 0 saturated heterocycles. The van der Waals surface area contributed by atoms with Gasteiger partial charge in [-0.1, -0.05) is 35.9 Å². The summed E-state index contributed by atoms with van der Waals surface area (Å²) < 4.78 is 5.31. The second kappa shape index (κ2) is 9.25. The summed E-state index contributed by atoms with van der Waals surface area (Å²) in [5.74, 6) is 0.315. The van der Waals surface area contributed by atoms with Gasteiger partial charge >= 0.3 is 0 Å². The minimum Gasteiger partial charge on any atom is -0.495 e. The van der Waals surface area contributed by atoms with Gasteiger partial charge in [-0.2, -0.15) is 0 Å². The highest BCUT2D eigenvalue weighted by Crippen LogP contribution is 2.31. The largest absolute Gasteiger partial charge is 0.495 e. The molecule has 26 heavy (non-hydrogen) atoms. The molecule has 0 saturated carbocycles. The van der Waals surface area contributed by atoms with E-state index in [-0.39, 0.29) is 11.8 Å².